The zero-order valence-electron chi connectivity index (χ0n) is 9.43. The molecule has 1 aromatic heterocycles. The molecule has 4 nitrogen and oxygen atoms in total. The Hall–Kier alpha value is -1.13. The maximum atomic E-state index is 6.03. The second kappa shape index (κ2) is 5.68. The molecule has 84 valence electrons. The van der Waals surface area contributed by atoms with Crippen LogP contribution in [0, 0.1) is 0 Å². The highest BCUT2D eigenvalue weighted by molar-refractivity contribution is 5.26. The number of methoxy groups -OCH3 is 1. The van der Waals surface area contributed by atoms with Crippen molar-refractivity contribution in [1.82, 2.24) is 4.98 Å². The van der Waals surface area contributed by atoms with Gasteiger partial charge in [-0.15, -0.1) is 0 Å². The molecule has 0 aromatic carbocycles. The lowest BCUT2D eigenvalue weighted by molar-refractivity contribution is 0.0573. The second-order valence-corrected chi connectivity index (χ2v) is 3.34. The molecule has 0 bridgehead atoms. The summed E-state index contributed by atoms with van der Waals surface area (Å²) in [7, 11) is 1.61. The highest BCUT2D eigenvalue weighted by atomic mass is 16.5. The van der Waals surface area contributed by atoms with E-state index in [1.165, 1.54) is 0 Å². The molecular weight excluding hydrogens is 192 g/mol. The zero-order valence-corrected chi connectivity index (χ0v) is 9.43. The summed E-state index contributed by atoms with van der Waals surface area (Å²) < 4.78 is 10.5. The van der Waals surface area contributed by atoms with Crippen molar-refractivity contribution >= 4 is 0 Å². The second-order valence-electron chi connectivity index (χ2n) is 3.34. The summed E-state index contributed by atoms with van der Waals surface area (Å²) in [6.45, 7) is 4.56. The van der Waals surface area contributed by atoms with Gasteiger partial charge in [-0.3, -0.25) is 4.98 Å². The number of ether oxygens (including phenoxy) is 2. The molecule has 1 rings (SSSR count). The first kappa shape index (κ1) is 11.9. The molecule has 1 heterocycles. The number of aromatic nitrogens is 1. The minimum atomic E-state index is -0.174. The van der Waals surface area contributed by atoms with Crippen LogP contribution in [-0.4, -0.2) is 24.8 Å². The number of pyridine rings is 1. The Kier molecular flexibility index (Phi) is 4.52. The zero-order chi connectivity index (χ0) is 11.3. The van der Waals surface area contributed by atoms with Gasteiger partial charge in [0.15, 0.2) is 0 Å². The third kappa shape index (κ3) is 3.18. The molecule has 2 atom stereocenters. The summed E-state index contributed by atoms with van der Waals surface area (Å²) in [5, 5.41) is 0. The van der Waals surface area contributed by atoms with Gasteiger partial charge in [0.1, 0.15) is 5.75 Å². The van der Waals surface area contributed by atoms with Gasteiger partial charge in [0.2, 0.25) is 0 Å². The molecule has 0 aliphatic heterocycles. The number of nitrogens with two attached hydrogens (primary N) is 1. The number of hydrogen-bond donors (Lipinski definition) is 1. The quantitative estimate of drug-likeness (QED) is 0.800. The molecule has 0 saturated carbocycles. The van der Waals surface area contributed by atoms with E-state index >= 15 is 0 Å². The Labute approximate surface area is 90.4 Å². The van der Waals surface area contributed by atoms with E-state index in [1.54, 1.807) is 19.5 Å². The average Bonchev–Trinajstić information content (AvgIpc) is 2.28. The number of hydrogen-bond acceptors (Lipinski definition) is 4. The molecule has 15 heavy (non-hydrogen) atoms. The van der Waals surface area contributed by atoms with Crippen LogP contribution in [0.15, 0.2) is 18.5 Å². The monoisotopic (exact) mass is 210 g/mol. The summed E-state index contributed by atoms with van der Waals surface area (Å²) in [6.07, 6.45) is 3.37. The minimum absolute atomic E-state index is 0.0242. The lowest BCUT2D eigenvalue weighted by atomic mass is 10.1. The van der Waals surface area contributed by atoms with Gasteiger partial charge < -0.3 is 15.2 Å². The summed E-state index contributed by atoms with van der Waals surface area (Å²) in [5.41, 5.74) is 6.95. The van der Waals surface area contributed by atoms with E-state index in [0.717, 1.165) is 5.56 Å². The fourth-order valence-corrected chi connectivity index (χ4v) is 1.37. The molecule has 0 aliphatic rings. The van der Waals surface area contributed by atoms with E-state index in [1.807, 2.05) is 19.9 Å². The van der Waals surface area contributed by atoms with Crippen molar-refractivity contribution in [3.8, 4) is 5.75 Å². The van der Waals surface area contributed by atoms with Gasteiger partial charge in [-0.25, -0.2) is 0 Å². The molecule has 0 radical (unpaired) electrons. The smallest absolute Gasteiger partial charge is 0.137 e. The topological polar surface area (TPSA) is 57.4 Å². The van der Waals surface area contributed by atoms with Crippen molar-refractivity contribution in [2.75, 3.05) is 13.7 Å². The van der Waals surface area contributed by atoms with Gasteiger partial charge in [0.05, 0.1) is 25.5 Å². The van der Waals surface area contributed by atoms with Crippen LogP contribution in [0.1, 0.15) is 25.5 Å². The lowest BCUT2D eigenvalue weighted by Gasteiger charge is -2.20. The molecule has 0 spiro atoms. The fourth-order valence-electron chi connectivity index (χ4n) is 1.37. The van der Waals surface area contributed by atoms with Crippen LogP contribution in [0.5, 0.6) is 5.75 Å². The van der Waals surface area contributed by atoms with Crippen molar-refractivity contribution in [2.24, 2.45) is 5.73 Å². The van der Waals surface area contributed by atoms with Gasteiger partial charge in [-0.2, -0.15) is 0 Å². The van der Waals surface area contributed by atoms with Gasteiger partial charge in [0, 0.05) is 12.8 Å². The van der Waals surface area contributed by atoms with E-state index in [-0.39, 0.29) is 12.1 Å². The van der Waals surface area contributed by atoms with Crippen molar-refractivity contribution in [3.05, 3.63) is 24.0 Å². The van der Waals surface area contributed by atoms with Crippen LogP contribution < -0.4 is 10.5 Å². The van der Waals surface area contributed by atoms with Gasteiger partial charge in [0.25, 0.3) is 0 Å². The maximum absolute atomic E-state index is 6.03. The molecule has 0 fully saturated rings. The summed E-state index contributed by atoms with van der Waals surface area (Å²) >= 11 is 0. The van der Waals surface area contributed by atoms with Crippen molar-refractivity contribution in [3.63, 3.8) is 0 Å². The largest absolute Gasteiger partial charge is 0.495 e. The normalized spacial score (nSPS) is 14.7. The molecule has 4 heteroatoms. The van der Waals surface area contributed by atoms with Crippen molar-refractivity contribution < 1.29 is 9.47 Å². The van der Waals surface area contributed by atoms with Crippen molar-refractivity contribution in [1.29, 1.82) is 0 Å². The molecule has 1 aromatic rings. The predicted octanol–water partition coefficient (Wildman–Crippen LogP) is 1.52. The fraction of sp³-hybridized carbons (Fsp3) is 0.545. The van der Waals surface area contributed by atoms with Crippen LogP contribution in [0.4, 0.5) is 0 Å². The molecular formula is C11H18N2O2. The standard InChI is InChI=1S/C11H18N2O2/c1-4-15-8(2)11(12)9-5-10(14-3)7-13-6-9/h5-8,11H,4,12H2,1-3H3. The lowest BCUT2D eigenvalue weighted by Crippen LogP contribution is -2.26. The van der Waals surface area contributed by atoms with E-state index in [4.69, 9.17) is 15.2 Å². The maximum Gasteiger partial charge on any atom is 0.137 e. The summed E-state index contributed by atoms with van der Waals surface area (Å²) in [5.74, 6) is 0.714. The Morgan fingerprint density at radius 1 is 1.47 bits per heavy atom. The highest BCUT2D eigenvalue weighted by Gasteiger charge is 2.15. The predicted molar refractivity (Wildman–Crippen MR) is 58.8 cm³/mol. The first-order valence-electron chi connectivity index (χ1n) is 5.05. The SMILES string of the molecule is CCOC(C)C(N)c1cncc(OC)c1. The van der Waals surface area contributed by atoms with Crippen LogP contribution in [0.2, 0.25) is 0 Å². The van der Waals surface area contributed by atoms with Crippen LogP contribution in [0.25, 0.3) is 0 Å². The molecule has 0 amide bonds. The molecule has 0 aliphatic carbocycles. The highest BCUT2D eigenvalue weighted by Crippen LogP contribution is 2.19. The molecule has 0 saturated heterocycles. The van der Waals surface area contributed by atoms with Crippen LogP contribution >= 0.6 is 0 Å². The van der Waals surface area contributed by atoms with E-state index in [2.05, 4.69) is 4.98 Å². The Morgan fingerprint density at radius 2 is 2.20 bits per heavy atom. The van der Waals surface area contributed by atoms with Gasteiger partial charge in [-0.05, 0) is 25.5 Å². The van der Waals surface area contributed by atoms with E-state index in [9.17, 15) is 0 Å². The third-order valence-corrected chi connectivity index (χ3v) is 2.29. The first-order chi connectivity index (χ1) is 7.19. The van der Waals surface area contributed by atoms with E-state index in [0.29, 0.717) is 12.4 Å². The first-order valence-corrected chi connectivity index (χ1v) is 5.05. The van der Waals surface area contributed by atoms with Crippen LogP contribution in [0.3, 0.4) is 0 Å². The van der Waals surface area contributed by atoms with Gasteiger partial charge >= 0.3 is 0 Å². The van der Waals surface area contributed by atoms with Gasteiger partial charge in [-0.1, -0.05) is 0 Å². The number of rotatable bonds is 5. The van der Waals surface area contributed by atoms with Crippen molar-refractivity contribution in [2.45, 2.75) is 26.0 Å². The number of nitrogens with zero attached hydrogens (tertiary/aromatic N) is 1. The van der Waals surface area contributed by atoms with Crippen LogP contribution in [-0.2, 0) is 4.74 Å². The minimum Gasteiger partial charge on any atom is -0.495 e. The molecule has 2 unspecified atom stereocenters. The third-order valence-electron chi connectivity index (χ3n) is 2.29. The average molecular weight is 210 g/mol. The Bertz CT molecular complexity index is 304. The summed E-state index contributed by atoms with van der Waals surface area (Å²) in [6, 6.07) is 1.71. The molecule has 2 N–H and O–H groups in total. The van der Waals surface area contributed by atoms with E-state index < -0.39 is 0 Å². The Morgan fingerprint density at radius 3 is 2.80 bits per heavy atom. The summed E-state index contributed by atoms with van der Waals surface area (Å²) in [4.78, 5) is 4.06. The Balaban J connectivity index is 2.76.